The monoisotopic (exact) mass is 502 g/mol. The SMILES string of the molecule is O=C1[C@H](N2CCC(c3cccc(Cl)c3)C2)CCN1c1ccc(S(=O)(=O)Nc2nccs2)cc1. The van der Waals surface area contributed by atoms with Gasteiger partial charge in [-0.3, -0.25) is 14.4 Å². The lowest BCUT2D eigenvalue weighted by atomic mass is 9.99. The van der Waals surface area contributed by atoms with Crippen LogP contribution in [0.2, 0.25) is 5.02 Å². The number of sulfonamides is 1. The minimum absolute atomic E-state index is 0.0678. The van der Waals surface area contributed by atoms with Crippen molar-refractivity contribution in [3.05, 3.63) is 70.7 Å². The van der Waals surface area contributed by atoms with Crippen molar-refractivity contribution in [2.24, 2.45) is 0 Å². The zero-order valence-corrected chi connectivity index (χ0v) is 20.1. The van der Waals surface area contributed by atoms with Gasteiger partial charge in [-0.05, 0) is 67.3 Å². The van der Waals surface area contributed by atoms with Gasteiger partial charge < -0.3 is 4.90 Å². The van der Waals surface area contributed by atoms with Gasteiger partial charge in [0.25, 0.3) is 10.0 Å². The molecule has 7 nitrogen and oxygen atoms in total. The molecule has 2 fully saturated rings. The molecule has 0 radical (unpaired) electrons. The van der Waals surface area contributed by atoms with Crippen molar-refractivity contribution in [1.82, 2.24) is 9.88 Å². The maximum absolute atomic E-state index is 13.2. The fraction of sp³-hybridized carbons (Fsp3) is 0.304. The average molecular weight is 503 g/mol. The van der Waals surface area contributed by atoms with Crippen LogP contribution >= 0.6 is 22.9 Å². The second-order valence-electron chi connectivity index (χ2n) is 8.27. The van der Waals surface area contributed by atoms with Crippen molar-refractivity contribution in [2.75, 3.05) is 29.3 Å². The Balaban J connectivity index is 1.25. The first-order valence-corrected chi connectivity index (χ1v) is 13.5. The maximum Gasteiger partial charge on any atom is 0.263 e. The van der Waals surface area contributed by atoms with Crippen LogP contribution < -0.4 is 9.62 Å². The molecule has 1 aromatic heterocycles. The lowest BCUT2D eigenvalue weighted by Crippen LogP contribution is -2.40. The zero-order valence-electron chi connectivity index (χ0n) is 17.7. The first kappa shape index (κ1) is 22.3. The van der Waals surface area contributed by atoms with Gasteiger partial charge in [-0.25, -0.2) is 13.4 Å². The minimum atomic E-state index is -3.72. The van der Waals surface area contributed by atoms with Crippen LogP contribution in [0.1, 0.15) is 24.3 Å². The van der Waals surface area contributed by atoms with E-state index in [1.807, 2.05) is 18.2 Å². The van der Waals surface area contributed by atoms with E-state index < -0.39 is 10.0 Å². The highest BCUT2D eigenvalue weighted by Gasteiger charge is 2.39. The van der Waals surface area contributed by atoms with Gasteiger partial charge in [0.1, 0.15) is 0 Å². The van der Waals surface area contributed by atoms with Crippen molar-refractivity contribution < 1.29 is 13.2 Å². The van der Waals surface area contributed by atoms with Crippen molar-refractivity contribution in [3.63, 3.8) is 0 Å². The van der Waals surface area contributed by atoms with Crippen LogP contribution in [-0.4, -0.2) is 49.9 Å². The molecule has 1 amide bonds. The fourth-order valence-electron chi connectivity index (χ4n) is 4.62. The van der Waals surface area contributed by atoms with Crippen LogP contribution in [0.4, 0.5) is 10.8 Å². The highest BCUT2D eigenvalue weighted by Crippen LogP contribution is 2.33. The normalized spacial score (nSPS) is 21.6. The number of amides is 1. The minimum Gasteiger partial charge on any atom is -0.311 e. The van der Waals surface area contributed by atoms with Crippen LogP contribution in [-0.2, 0) is 14.8 Å². The fourth-order valence-corrected chi connectivity index (χ4v) is 6.60. The summed E-state index contributed by atoms with van der Waals surface area (Å²) in [6.07, 6.45) is 3.30. The van der Waals surface area contributed by atoms with Gasteiger partial charge in [-0.2, -0.15) is 0 Å². The number of thiazole rings is 1. The summed E-state index contributed by atoms with van der Waals surface area (Å²) in [5, 5.41) is 2.76. The number of hydrogen-bond acceptors (Lipinski definition) is 6. The van der Waals surface area contributed by atoms with Gasteiger partial charge in [0.05, 0.1) is 10.9 Å². The Kier molecular flexibility index (Phi) is 6.13. The molecule has 2 aromatic carbocycles. The van der Waals surface area contributed by atoms with E-state index in [0.717, 1.165) is 31.0 Å². The molecule has 3 heterocycles. The Morgan fingerprint density at radius 3 is 2.64 bits per heavy atom. The van der Waals surface area contributed by atoms with Gasteiger partial charge >= 0.3 is 0 Å². The molecule has 1 unspecified atom stereocenters. The summed E-state index contributed by atoms with van der Waals surface area (Å²) in [5.41, 5.74) is 1.93. The number of hydrogen-bond donors (Lipinski definition) is 1. The Morgan fingerprint density at radius 2 is 1.91 bits per heavy atom. The van der Waals surface area contributed by atoms with Crippen molar-refractivity contribution in [2.45, 2.75) is 29.7 Å². The third kappa shape index (κ3) is 4.63. The largest absolute Gasteiger partial charge is 0.311 e. The number of benzene rings is 2. The Labute approximate surface area is 202 Å². The third-order valence-electron chi connectivity index (χ3n) is 6.27. The molecule has 0 bridgehead atoms. The summed E-state index contributed by atoms with van der Waals surface area (Å²) in [5.74, 6) is 0.443. The molecule has 1 N–H and O–H groups in total. The van der Waals surface area contributed by atoms with Crippen LogP contribution in [0.3, 0.4) is 0 Å². The van der Waals surface area contributed by atoms with Gasteiger partial charge in [-0.15, -0.1) is 11.3 Å². The second-order valence-corrected chi connectivity index (χ2v) is 11.3. The molecule has 0 saturated carbocycles. The van der Waals surface area contributed by atoms with Crippen molar-refractivity contribution in [1.29, 1.82) is 0 Å². The van der Waals surface area contributed by atoms with Crippen LogP contribution in [0.25, 0.3) is 0 Å². The Bertz CT molecular complexity index is 1250. The first-order chi connectivity index (χ1) is 15.9. The van der Waals surface area contributed by atoms with Gasteiger partial charge in [0.15, 0.2) is 5.13 Å². The van der Waals surface area contributed by atoms with Crippen molar-refractivity contribution in [3.8, 4) is 0 Å². The predicted octanol–water partition coefficient (Wildman–Crippen LogP) is 4.19. The van der Waals surface area contributed by atoms with Gasteiger partial charge in [0, 0.05) is 35.4 Å². The molecule has 10 heteroatoms. The van der Waals surface area contributed by atoms with E-state index in [2.05, 4.69) is 20.7 Å². The summed E-state index contributed by atoms with van der Waals surface area (Å²) >= 11 is 7.37. The van der Waals surface area contributed by atoms with Crippen LogP contribution in [0, 0.1) is 0 Å². The number of anilines is 2. The quantitative estimate of drug-likeness (QED) is 0.546. The Hall–Kier alpha value is -2.46. The summed E-state index contributed by atoms with van der Waals surface area (Å²) in [7, 11) is -3.72. The second kappa shape index (κ2) is 9.06. The summed E-state index contributed by atoms with van der Waals surface area (Å²) < 4.78 is 27.6. The van der Waals surface area contributed by atoms with Crippen LogP contribution in [0.15, 0.2) is 65.0 Å². The highest BCUT2D eigenvalue weighted by atomic mass is 35.5. The first-order valence-electron chi connectivity index (χ1n) is 10.7. The van der Waals surface area contributed by atoms with E-state index in [1.54, 1.807) is 28.6 Å². The smallest absolute Gasteiger partial charge is 0.263 e. The van der Waals surface area contributed by atoms with Gasteiger partial charge in [0.2, 0.25) is 5.91 Å². The molecule has 2 aliphatic rings. The third-order valence-corrected chi connectivity index (χ3v) is 8.68. The highest BCUT2D eigenvalue weighted by molar-refractivity contribution is 7.93. The molecule has 0 spiro atoms. The summed E-state index contributed by atoms with van der Waals surface area (Å²) in [4.78, 5) is 21.3. The molecule has 172 valence electrons. The molecular formula is C23H23ClN4O3S2. The molecule has 0 aliphatic carbocycles. The molecule has 33 heavy (non-hydrogen) atoms. The number of halogens is 1. The molecular weight excluding hydrogens is 480 g/mol. The number of rotatable bonds is 6. The lowest BCUT2D eigenvalue weighted by Gasteiger charge is -2.23. The molecule has 2 saturated heterocycles. The Morgan fingerprint density at radius 1 is 1.09 bits per heavy atom. The molecule has 2 aliphatic heterocycles. The summed E-state index contributed by atoms with van der Waals surface area (Å²) in [6.45, 7) is 2.33. The van der Waals surface area contributed by atoms with Gasteiger partial charge in [-0.1, -0.05) is 23.7 Å². The number of aromatic nitrogens is 1. The number of carbonyl (C=O) groups is 1. The van der Waals surface area contributed by atoms with E-state index in [9.17, 15) is 13.2 Å². The number of nitrogens with one attached hydrogen (secondary N) is 1. The van der Waals surface area contributed by atoms with E-state index in [-0.39, 0.29) is 16.8 Å². The molecule has 5 rings (SSSR count). The van der Waals surface area contributed by atoms with E-state index in [0.29, 0.717) is 23.3 Å². The molecule has 3 aromatic rings. The number of likely N-dealkylation sites (tertiary alicyclic amines) is 1. The maximum atomic E-state index is 13.2. The standard InChI is InChI=1S/C23H23ClN4O3S2/c24-18-3-1-2-16(14-18)17-8-11-27(15-17)21-9-12-28(22(21)29)19-4-6-20(7-5-19)33(30,31)26-23-25-10-13-32-23/h1-7,10,13-14,17,21H,8-9,11-12,15H2,(H,25,26)/t17?,21-/m1/s1. The average Bonchev–Trinajstić information content (AvgIpc) is 3.55. The van der Waals surface area contributed by atoms with Crippen molar-refractivity contribution >= 4 is 49.7 Å². The van der Waals surface area contributed by atoms with E-state index in [4.69, 9.17) is 11.6 Å². The van der Waals surface area contributed by atoms with E-state index >= 15 is 0 Å². The predicted molar refractivity (Wildman–Crippen MR) is 131 cm³/mol. The lowest BCUT2D eigenvalue weighted by molar-refractivity contribution is -0.121. The number of carbonyl (C=O) groups excluding carboxylic acids is 1. The topological polar surface area (TPSA) is 82.6 Å². The molecule has 2 atom stereocenters. The van der Waals surface area contributed by atoms with Crippen LogP contribution in [0.5, 0.6) is 0 Å². The summed E-state index contributed by atoms with van der Waals surface area (Å²) in [6, 6.07) is 14.2. The zero-order chi connectivity index (χ0) is 23.0. The van der Waals surface area contributed by atoms with E-state index in [1.165, 1.54) is 29.0 Å². The number of nitrogens with zero attached hydrogens (tertiary/aromatic N) is 3.